The smallest absolute Gasteiger partial charge is 0.0710 e. The third-order valence-electron chi connectivity index (χ3n) is 3.62. The van der Waals surface area contributed by atoms with E-state index in [-0.39, 0.29) is 6.04 Å². The van der Waals surface area contributed by atoms with Gasteiger partial charge < -0.3 is 0 Å². The number of rotatable bonds is 4. The fraction of sp³-hybridized carbons (Fsp3) is 0.294. The molecule has 1 unspecified atom stereocenters. The molecule has 2 aromatic carbocycles. The van der Waals surface area contributed by atoms with E-state index in [9.17, 15) is 0 Å². The second-order valence-electron chi connectivity index (χ2n) is 5.43. The molecule has 1 atom stereocenters. The van der Waals surface area contributed by atoms with Crippen LogP contribution >= 0.6 is 15.9 Å². The Morgan fingerprint density at radius 1 is 0.950 bits per heavy atom. The Hall–Kier alpha value is -1.16. The van der Waals surface area contributed by atoms with Gasteiger partial charge in [0.2, 0.25) is 0 Å². The summed E-state index contributed by atoms with van der Waals surface area (Å²) in [7, 11) is 0. The average molecular weight is 333 g/mol. The highest BCUT2D eigenvalue weighted by molar-refractivity contribution is 9.10. The normalized spacial score (nSPS) is 12.7. The molecule has 2 aromatic rings. The molecule has 3 N–H and O–H groups in total. The van der Waals surface area contributed by atoms with Gasteiger partial charge in [-0.15, -0.1) is 0 Å². The molecule has 0 radical (unpaired) electrons. The third kappa shape index (κ3) is 3.29. The summed E-state index contributed by atoms with van der Waals surface area (Å²) in [6.45, 7) is 6.49. The number of nitrogens with two attached hydrogens (primary N) is 1. The molecule has 0 spiro atoms. The SMILES string of the molecule is Cc1cc(C(NN)c2ccc(C(C)C)cc2)ccc1Br. The van der Waals surface area contributed by atoms with Crippen LogP contribution in [0.1, 0.15) is 48.1 Å². The van der Waals surface area contributed by atoms with Crippen LogP contribution in [-0.2, 0) is 0 Å². The summed E-state index contributed by atoms with van der Waals surface area (Å²) >= 11 is 3.53. The van der Waals surface area contributed by atoms with Crippen LogP contribution in [0.15, 0.2) is 46.9 Å². The summed E-state index contributed by atoms with van der Waals surface area (Å²) in [6, 6.07) is 15.0. The molecule has 3 heteroatoms. The van der Waals surface area contributed by atoms with E-state index in [0.717, 1.165) is 4.47 Å². The lowest BCUT2D eigenvalue weighted by Gasteiger charge is -2.18. The van der Waals surface area contributed by atoms with Crippen molar-refractivity contribution in [3.8, 4) is 0 Å². The Morgan fingerprint density at radius 3 is 2.00 bits per heavy atom. The van der Waals surface area contributed by atoms with Gasteiger partial charge in [-0.25, -0.2) is 5.43 Å². The largest absolute Gasteiger partial charge is 0.271 e. The van der Waals surface area contributed by atoms with Crippen LogP contribution < -0.4 is 11.3 Å². The van der Waals surface area contributed by atoms with E-state index < -0.39 is 0 Å². The van der Waals surface area contributed by atoms with Gasteiger partial charge in [0, 0.05) is 4.47 Å². The predicted octanol–water partition coefficient (Wildman–Crippen LogP) is 4.43. The molecule has 2 rings (SSSR count). The zero-order valence-corrected chi connectivity index (χ0v) is 13.7. The minimum atomic E-state index is 0.0167. The van der Waals surface area contributed by atoms with Crippen LogP contribution in [0.2, 0.25) is 0 Å². The Labute approximate surface area is 129 Å². The molecule has 0 aliphatic heterocycles. The van der Waals surface area contributed by atoms with Gasteiger partial charge >= 0.3 is 0 Å². The third-order valence-corrected chi connectivity index (χ3v) is 4.51. The summed E-state index contributed by atoms with van der Waals surface area (Å²) < 4.78 is 1.12. The highest BCUT2D eigenvalue weighted by atomic mass is 79.9. The minimum absolute atomic E-state index is 0.0167. The topological polar surface area (TPSA) is 38.0 Å². The van der Waals surface area contributed by atoms with Gasteiger partial charge in [-0.05, 0) is 41.2 Å². The van der Waals surface area contributed by atoms with Crippen molar-refractivity contribution in [2.45, 2.75) is 32.7 Å². The van der Waals surface area contributed by atoms with E-state index in [1.807, 2.05) is 0 Å². The van der Waals surface area contributed by atoms with Gasteiger partial charge in [-0.3, -0.25) is 5.84 Å². The molecule has 0 amide bonds. The number of hydrogen-bond acceptors (Lipinski definition) is 2. The molecule has 20 heavy (non-hydrogen) atoms. The van der Waals surface area contributed by atoms with Crippen molar-refractivity contribution in [1.82, 2.24) is 5.43 Å². The fourth-order valence-electron chi connectivity index (χ4n) is 2.31. The molecule has 2 nitrogen and oxygen atoms in total. The van der Waals surface area contributed by atoms with Crippen LogP contribution in [0.4, 0.5) is 0 Å². The van der Waals surface area contributed by atoms with E-state index in [4.69, 9.17) is 5.84 Å². The summed E-state index contributed by atoms with van der Waals surface area (Å²) in [5, 5.41) is 0. The molecular formula is C17H21BrN2. The van der Waals surface area contributed by atoms with Gasteiger partial charge in [0.05, 0.1) is 6.04 Å². The summed E-state index contributed by atoms with van der Waals surface area (Å²) in [6.07, 6.45) is 0. The zero-order chi connectivity index (χ0) is 14.7. The minimum Gasteiger partial charge on any atom is -0.271 e. The number of aryl methyl sites for hydroxylation is 1. The van der Waals surface area contributed by atoms with Crippen molar-refractivity contribution >= 4 is 15.9 Å². The first-order valence-corrected chi connectivity index (χ1v) is 7.64. The molecule has 0 aliphatic carbocycles. The number of benzene rings is 2. The van der Waals surface area contributed by atoms with E-state index in [1.165, 1.54) is 22.3 Å². The maximum absolute atomic E-state index is 5.76. The first-order valence-electron chi connectivity index (χ1n) is 6.85. The zero-order valence-electron chi connectivity index (χ0n) is 12.2. The van der Waals surface area contributed by atoms with Crippen molar-refractivity contribution in [3.05, 3.63) is 69.2 Å². The predicted molar refractivity (Wildman–Crippen MR) is 88.6 cm³/mol. The van der Waals surface area contributed by atoms with Crippen LogP contribution in [0.5, 0.6) is 0 Å². The number of hydrazine groups is 1. The Bertz CT molecular complexity index is 576. The van der Waals surface area contributed by atoms with E-state index in [2.05, 4.69) is 84.6 Å². The van der Waals surface area contributed by atoms with Gasteiger partial charge in [-0.1, -0.05) is 66.2 Å². The maximum atomic E-state index is 5.76. The quantitative estimate of drug-likeness (QED) is 0.641. The highest BCUT2D eigenvalue weighted by Crippen LogP contribution is 2.26. The Morgan fingerprint density at radius 2 is 1.50 bits per heavy atom. The van der Waals surface area contributed by atoms with Crippen LogP contribution in [-0.4, -0.2) is 0 Å². The van der Waals surface area contributed by atoms with Crippen molar-refractivity contribution in [1.29, 1.82) is 0 Å². The number of hydrogen-bond donors (Lipinski definition) is 2. The lowest BCUT2D eigenvalue weighted by atomic mass is 9.95. The first kappa shape index (κ1) is 15.2. The highest BCUT2D eigenvalue weighted by Gasteiger charge is 2.13. The van der Waals surface area contributed by atoms with Gasteiger partial charge in [0.1, 0.15) is 0 Å². The second kappa shape index (κ2) is 6.53. The maximum Gasteiger partial charge on any atom is 0.0710 e. The Balaban J connectivity index is 2.33. The Kier molecular flexibility index (Phi) is 4.97. The summed E-state index contributed by atoms with van der Waals surface area (Å²) in [5.74, 6) is 6.31. The lowest BCUT2D eigenvalue weighted by Crippen LogP contribution is -2.28. The van der Waals surface area contributed by atoms with E-state index in [1.54, 1.807) is 0 Å². The number of halogens is 1. The molecule has 0 heterocycles. The van der Waals surface area contributed by atoms with E-state index in [0.29, 0.717) is 5.92 Å². The summed E-state index contributed by atoms with van der Waals surface area (Å²) in [4.78, 5) is 0. The van der Waals surface area contributed by atoms with Crippen molar-refractivity contribution < 1.29 is 0 Å². The van der Waals surface area contributed by atoms with Gasteiger partial charge in [-0.2, -0.15) is 0 Å². The molecular weight excluding hydrogens is 312 g/mol. The van der Waals surface area contributed by atoms with Crippen LogP contribution in [0, 0.1) is 6.92 Å². The number of nitrogens with one attached hydrogen (secondary N) is 1. The van der Waals surface area contributed by atoms with E-state index >= 15 is 0 Å². The molecule has 0 saturated carbocycles. The van der Waals surface area contributed by atoms with Crippen molar-refractivity contribution in [3.63, 3.8) is 0 Å². The monoisotopic (exact) mass is 332 g/mol. The molecule has 106 valence electrons. The van der Waals surface area contributed by atoms with Gasteiger partial charge in [0.15, 0.2) is 0 Å². The summed E-state index contributed by atoms with van der Waals surface area (Å²) in [5.41, 5.74) is 7.82. The average Bonchev–Trinajstić information content (AvgIpc) is 2.44. The van der Waals surface area contributed by atoms with Crippen molar-refractivity contribution in [2.75, 3.05) is 0 Å². The lowest BCUT2D eigenvalue weighted by molar-refractivity contribution is 0.636. The van der Waals surface area contributed by atoms with Crippen molar-refractivity contribution in [2.24, 2.45) is 5.84 Å². The van der Waals surface area contributed by atoms with Crippen LogP contribution in [0.3, 0.4) is 0 Å². The molecule has 0 fully saturated rings. The standard InChI is InChI=1S/C17H21BrN2/c1-11(2)13-4-6-14(7-5-13)17(20-19)15-8-9-16(18)12(3)10-15/h4-11,17,20H,19H2,1-3H3. The fourth-order valence-corrected chi connectivity index (χ4v) is 2.55. The molecule has 0 bridgehead atoms. The second-order valence-corrected chi connectivity index (χ2v) is 6.28. The first-order chi connectivity index (χ1) is 9.52. The van der Waals surface area contributed by atoms with Crippen LogP contribution in [0.25, 0.3) is 0 Å². The van der Waals surface area contributed by atoms with Gasteiger partial charge in [0.25, 0.3) is 0 Å². The molecule has 0 aromatic heterocycles. The molecule has 0 saturated heterocycles. The molecule has 0 aliphatic rings.